The zero-order valence-electron chi connectivity index (χ0n) is 23.5. The van der Waals surface area contributed by atoms with E-state index in [0.717, 1.165) is 21.4 Å². The summed E-state index contributed by atoms with van der Waals surface area (Å²) in [6.45, 7) is 5.70. The number of anilines is 1. The number of benzene rings is 1. The SMILES string of the molecule is CC[C@@H](N=C1NS(=O)(=O)C(C(=O)N(C)C)=C1Nc1ccc(C(F)(F)F)c(C(=O)N(C)C)c1O)c1cc(C(C)C)co1. The van der Waals surface area contributed by atoms with Crippen molar-refractivity contribution in [3.63, 3.8) is 0 Å². The van der Waals surface area contributed by atoms with Crippen LogP contribution in [0.5, 0.6) is 5.75 Å². The number of hydrogen-bond donors (Lipinski definition) is 3. The number of phenols is 1. The fraction of sp³-hybridized carbons (Fsp3) is 0.423. The molecule has 11 nitrogen and oxygen atoms in total. The van der Waals surface area contributed by atoms with Gasteiger partial charge in [0.2, 0.25) is 0 Å². The van der Waals surface area contributed by atoms with Gasteiger partial charge in [-0.1, -0.05) is 20.8 Å². The number of amides is 2. The third-order valence-electron chi connectivity index (χ3n) is 6.23. The Bertz CT molecular complexity index is 1520. The first kappa shape index (κ1) is 31.5. The van der Waals surface area contributed by atoms with Crippen LogP contribution in [0, 0.1) is 0 Å². The summed E-state index contributed by atoms with van der Waals surface area (Å²) in [5.41, 5.74) is -2.44. The molecule has 1 aromatic carbocycles. The Kier molecular flexibility index (Phi) is 8.81. The van der Waals surface area contributed by atoms with E-state index in [1.807, 2.05) is 13.8 Å². The van der Waals surface area contributed by atoms with Gasteiger partial charge in [-0.25, -0.2) is 8.42 Å². The Morgan fingerprint density at radius 1 is 1.12 bits per heavy atom. The number of alkyl halides is 3. The first-order valence-corrected chi connectivity index (χ1v) is 14.0. The molecule has 41 heavy (non-hydrogen) atoms. The van der Waals surface area contributed by atoms with Gasteiger partial charge in [-0.05, 0) is 36.1 Å². The van der Waals surface area contributed by atoms with Gasteiger partial charge in [0.1, 0.15) is 17.5 Å². The number of aromatic hydroxyl groups is 1. The van der Waals surface area contributed by atoms with Crippen LogP contribution in [0.2, 0.25) is 0 Å². The van der Waals surface area contributed by atoms with Crippen molar-refractivity contribution in [1.82, 2.24) is 14.5 Å². The molecule has 0 spiro atoms. The van der Waals surface area contributed by atoms with Gasteiger partial charge < -0.3 is 24.6 Å². The molecule has 0 radical (unpaired) electrons. The van der Waals surface area contributed by atoms with E-state index in [9.17, 15) is 36.3 Å². The number of furan rings is 1. The Morgan fingerprint density at radius 2 is 1.73 bits per heavy atom. The van der Waals surface area contributed by atoms with Crippen LogP contribution in [0.4, 0.5) is 18.9 Å². The molecule has 0 unspecified atom stereocenters. The van der Waals surface area contributed by atoms with Gasteiger partial charge in [-0.3, -0.25) is 19.3 Å². The van der Waals surface area contributed by atoms with Crippen LogP contribution in [0.1, 0.15) is 66.4 Å². The zero-order valence-corrected chi connectivity index (χ0v) is 24.4. The number of sulfonamides is 1. The summed E-state index contributed by atoms with van der Waals surface area (Å²) in [5.74, 6) is -2.96. The molecule has 1 aromatic heterocycles. The van der Waals surface area contributed by atoms with Gasteiger partial charge in [0.05, 0.1) is 23.1 Å². The maximum atomic E-state index is 13.7. The molecule has 0 bridgehead atoms. The second-order valence-electron chi connectivity index (χ2n) is 10.1. The van der Waals surface area contributed by atoms with Gasteiger partial charge >= 0.3 is 6.18 Å². The number of nitrogens with one attached hydrogen (secondary N) is 2. The number of phenolic OH excluding ortho intramolecular Hbond substituents is 1. The average molecular weight is 600 g/mol. The van der Waals surface area contributed by atoms with Crippen LogP contribution in [-0.4, -0.2) is 69.2 Å². The molecule has 15 heteroatoms. The van der Waals surface area contributed by atoms with Crippen molar-refractivity contribution in [2.24, 2.45) is 4.99 Å². The Hall–Kier alpha value is -4.01. The van der Waals surface area contributed by atoms with E-state index in [-0.39, 0.29) is 11.8 Å². The number of rotatable bonds is 8. The standard InChI is InChI=1S/C26H32F3N5O6S/c1-8-16(18-11-14(12-40-18)13(2)3)31-23-20(22(25(37)34(6)7)41(38,39)32-23)30-17-10-9-15(26(27,28)29)19(21(17)35)24(36)33(4)5/h9-13,16,30,35H,8H2,1-7H3,(H,31,32)/t16-/m1/s1. The summed E-state index contributed by atoms with van der Waals surface area (Å²) in [5, 5.41) is 13.4. The number of nitrogens with zero attached hydrogens (tertiary/aromatic N) is 3. The monoisotopic (exact) mass is 599 g/mol. The number of carbonyl (C=O) groups excluding carboxylic acids is 2. The van der Waals surface area contributed by atoms with Crippen LogP contribution in [0.15, 0.2) is 44.5 Å². The molecule has 2 amide bonds. The normalized spacial score (nSPS) is 16.6. The van der Waals surface area contributed by atoms with Gasteiger partial charge in [0, 0.05) is 28.2 Å². The summed E-state index contributed by atoms with van der Waals surface area (Å²) in [6, 6.07) is 2.47. The van der Waals surface area contributed by atoms with Crippen LogP contribution in [0.25, 0.3) is 0 Å². The highest BCUT2D eigenvalue weighted by atomic mass is 32.2. The van der Waals surface area contributed by atoms with Gasteiger partial charge in [-0.2, -0.15) is 13.2 Å². The second kappa shape index (κ2) is 11.5. The third kappa shape index (κ3) is 6.34. The topological polar surface area (TPSA) is 145 Å². The second-order valence-corrected chi connectivity index (χ2v) is 11.7. The molecule has 3 rings (SSSR count). The summed E-state index contributed by atoms with van der Waals surface area (Å²) in [7, 11) is 0.541. The summed E-state index contributed by atoms with van der Waals surface area (Å²) in [6.07, 6.45) is -3.08. The van der Waals surface area contributed by atoms with E-state index in [2.05, 4.69) is 15.0 Å². The Labute approximate surface area is 235 Å². The molecule has 1 aliphatic heterocycles. The van der Waals surface area contributed by atoms with E-state index in [1.54, 1.807) is 19.3 Å². The van der Waals surface area contributed by atoms with E-state index in [1.165, 1.54) is 28.2 Å². The lowest BCUT2D eigenvalue weighted by molar-refractivity contribution is -0.138. The summed E-state index contributed by atoms with van der Waals surface area (Å²) in [4.78, 5) is 31.2. The molecule has 0 saturated carbocycles. The molecule has 3 N–H and O–H groups in total. The molecular formula is C26H32F3N5O6S. The van der Waals surface area contributed by atoms with E-state index >= 15 is 0 Å². The highest BCUT2D eigenvalue weighted by molar-refractivity contribution is 7.95. The number of halogens is 3. The molecule has 0 aliphatic carbocycles. The van der Waals surface area contributed by atoms with Gasteiger partial charge in [0.15, 0.2) is 16.5 Å². The molecule has 1 aliphatic rings. The quantitative estimate of drug-likeness (QED) is 0.389. The van der Waals surface area contributed by atoms with Gasteiger partial charge in [0.25, 0.3) is 21.8 Å². The lowest BCUT2D eigenvalue weighted by Gasteiger charge is -2.20. The number of likely N-dealkylation sites (N-methyl/N-ethyl adjacent to an activating group) is 1. The zero-order chi connectivity index (χ0) is 31.0. The van der Waals surface area contributed by atoms with Crippen molar-refractivity contribution in [1.29, 1.82) is 0 Å². The number of hydrogen-bond acceptors (Lipinski definition) is 8. The van der Waals surface area contributed by atoms with Crippen LogP contribution < -0.4 is 10.0 Å². The maximum Gasteiger partial charge on any atom is 0.417 e. The molecule has 2 heterocycles. The Balaban J connectivity index is 2.25. The van der Waals surface area contributed by atoms with Crippen LogP contribution in [0.3, 0.4) is 0 Å². The fourth-order valence-corrected chi connectivity index (χ4v) is 5.30. The molecular weight excluding hydrogens is 567 g/mol. The predicted molar refractivity (Wildman–Crippen MR) is 146 cm³/mol. The van der Waals surface area contributed by atoms with Crippen molar-refractivity contribution in [2.45, 2.75) is 45.3 Å². The molecule has 224 valence electrons. The van der Waals surface area contributed by atoms with Crippen LogP contribution in [-0.2, 0) is 21.0 Å². The average Bonchev–Trinajstić information content (AvgIpc) is 3.44. The summed E-state index contributed by atoms with van der Waals surface area (Å²) < 4.78 is 75.3. The van der Waals surface area contributed by atoms with Crippen molar-refractivity contribution in [2.75, 3.05) is 33.5 Å². The van der Waals surface area contributed by atoms with E-state index in [4.69, 9.17) is 4.42 Å². The van der Waals surface area contributed by atoms with Crippen LogP contribution >= 0.6 is 0 Å². The lowest BCUT2D eigenvalue weighted by atomic mass is 10.0. The Morgan fingerprint density at radius 3 is 2.22 bits per heavy atom. The van der Waals surface area contributed by atoms with E-state index < -0.39 is 67.2 Å². The summed E-state index contributed by atoms with van der Waals surface area (Å²) >= 11 is 0. The van der Waals surface area contributed by atoms with Crippen molar-refractivity contribution < 1.29 is 40.7 Å². The van der Waals surface area contributed by atoms with Crippen molar-refractivity contribution in [3.8, 4) is 5.75 Å². The van der Waals surface area contributed by atoms with E-state index in [0.29, 0.717) is 18.2 Å². The highest BCUT2D eigenvalue weighted by Crippen LogP contribution is 2.41. The minimum atomic E-state index is -4.99. The highest BCUT2D eigenvalue weighted by Gasteiger charge is 2.42. The predicted octanol–water partition coefficient (Wildman–Crippen LogP) is 4.02. The molecule has 2 aromatic rings. The molecule has 0 fully saturated rings. The maximum absolute atomic E-state index is 13.7. The molecule has 0 saturated heterocycles. The lowest BCUT2D eigenvalue weighted by Crippen LogP contribution is -2.30. The third-order valence-corrected chi connectivity index (χ3v) is 7.61. The first-order chi connectivity index (χ1) is 18.9. The number of carbonyl (C=O) groups is 2. The minimum Gasteiger partial charge on any atom is -0.505 e. The first-order valence-electron chi connectivity index (χ1n) is 12.5. The smallest absolute Gasteiger partial charge is 0.417 e. The van der Waals surface area contributed by atoms with Gasteiger partial charge in [-0.15, -0.1) is 0 Å². The van der Waals surface area contributed by atoms with Crippen molar-refractivity contribution >= 4 is 33.4 Å². The fourth-order valence-electron chi connectivity index (χ4n) is 3.96. The largest absolute Gasteiger partial charge is 0.505 e. The van der Waals surface area contributed by atoms with Crippen molar-refractivity contribution in [3.05, 3.63) is 57.5 Å². The number of aliphatic imine (C=N–C) groups is 1. The minimum absolute atomic E-state index is 0.144. The number of amidine groups is 1. The molecule has 1 atom stereocenters.